The zero-order valence-electron chi connectivity index (χ0n) is 6.54. The second-order valence-electron chi connectivity index (χ2n) is 2.93. The van der Waals surface area contributed by atoms with Crippen LogP contribution in [0.4, 0.5) is 0 Å². The van der Waals surface area contributed by atoms with Crippen LogP contribution in [0.2, 0.25) is 0 Å². The molecule has 2 unspecified atom stereocenters. The van der Waals surface area contributed by atoms with Gasteiger partial charge in [0.15, 0.2) is 0 Å². The predicted molar refractivity (Wildman–Crippen MR) is 42.6 cm³/mol. The van der Waals surface area contributed by atoms with E-state index < -0.39 is 0 Å². The van der Waals surface area contributed by atoms with E-state index in [2.05, 4.69) is 26.0 Å². The molecule has 2 atom stereocenters. The van der Waals surface area contributed by atoms with Gasteiger partial charge in [0, 0.05) is 12.5 Å². The Bertz CT molecular complexity index is 168. The number of allylic oxidation sites excluding steroid dienone is 3. The molecule has 1 aliphatic rings. The first kappa shape index (κ1) is 7.55. The normalized spacial score (nSPS) is 32.1. The van der Waals surface area contributed by atoms with Crippen LogP contribution < -0.4 is 0 Å². The SMILES string of the molecule is CC1=CC=CC(CO)C1C. The van der Waals surface area contributed by atoms with E-state index in [0.717, 1.165) is 0 Å². The van der Waals surface area contributed by atoms with Gasteiger partial charge in [-0.2, -0.15) is 0 Å². The van der Waals surface area contributed by atoms with E-state index in [-0.39, 0.29) is 6.61 Å². The Balaban J connectivity index is 2.68. The Morgan fingerprint density at radius 3 is 2.80 bits per heavy atom. The van der Waals surface area contributed by atoms with Crippen LogP contribution in [-0.4, -0.2) is 11.7 Å². The van der Waals surface area contributed by atoms with Gasteiger partial charge < -0.3 is 5.11 Å². The Kier molecular flexibility index (Phi) is 2.28. The molecule has 0 saturated heterocycles. The van der Waals surface area contributed by atoms with Gasteiger partial charge in [0.25, 0.3) is 0 Å². The van der Waals surface area contributed by atoms with Gasteiger partial charge in [-0.1, -0.05) is 30.7 Å². The van der Waals surface area contributed by atoms with E-state index in [1.807, 2.05) is 6.08 Å². The van der Waals surface area contributed by atoms with Crippen LogP contribution in [0.15, 0.2) is 23.8 Å². The molecule has 0 spiro atoms. The number of hydrogen-bond donors (Lipinski definition) is 1. The summed E-state index contributed by atoms with van der Waals surface area (Å²) in [6, 6.07) is 0. The summed E-state index contributed by atoms with van der Waals surface area (Å²) in [5.41, 5.74) is 1.36. The Labute approximate surface area is 62.1 Å². The minimum Gasteiger partial charge on any atom is -0.396 e. The molecule has 0 aromatic carbocycles. The molecule has 1 heteroatoms. The highest BCUT2D eigenvalue weighted by molar-refractivity contribution is 5.20. The molecule has 0 fully saturated rings. The van der Waals surface area contributed by atoms with Crippen molar-refractivity contribution in [2.24, 2.45) is 11.8 Å². The van der Waals surface area contributed by atoms with E-state index in [9.17, 15) is 0 Å². The maximum absolute atomic E-state index is 8.90. The summed E-state index contributed by atoms with van der Waals surface area (Å²) in [5, 5.41) is 8.90. The van der Waals surface area contributed by atoms with Gasteiger partial charge in [0.1, 0.15) is 0 Å². The van der Waals surface area contributed by atoms with Gasteiger partial charge >= 0.3 is 0 Å². The van der Waals surface area contributed by atoms with E-state index in [1.165, 1.54) is 5.57 Å². The monoisotopic (exact) mass is 138 g/mol. The van der Waals surface area contributed by atoms with Crippen LogP contribution in [0.3, 0.4) is 0 Å². The molecule has 0 saturated carbocycles. The summed E-state index contributed by atoms with van der Waals surface area (Å²) in [4.78, 5) is 0. The van der Waals surface area contributed by atoms with Crippen LogP contribution in [0.25, 0.3) is 0 Å². The quantitative estimate of drug-likeness (QED) is 0.585. The molecule has 0 aromatic heterocycles. The second-order valence-corrected chi connectivity index (χ2v) is 2.93. The fourth-order valence-corrected chi connectivity index (χ4v) is 1.23. The van der Waals surface area contributed by atoms with Crippen molar-refractivity contribution >= 4 is 0 Å². The average Bonchev–Trinajstić information content (AvgIpc) is 1.95. The van der Waals surface area contributed by atoms with Gasteiger partial charge in [-0.25, -0.2) is 0 Å². The molecule has 1 aliphatic carbocycles. The van der Waals surface area contributed by atoms with Gasteiger partial charge in [-0.15, -0.1) is 0 Å². The number of rotatable bonds is 1. The summed E-state index contributed by atoms with van der Waals surface area (Å²) in [7, 11) is 0. The van der Waals surface area contributed by atoms with Crippen LogP contribution in [0.1, 0.15) is 13.8 Å². The fraction of sp³-hybridized carbons (Fsp3) is 0.556. The lowest BCUT2D eigenvalue weighted by Crippen LogP contribution is -2.16. The highest BCUT2D eigenvalue weighted by atomic mass is 16.3. The zero-order valence-corrected chi connectivity index (χ0v) is 6.54. The molecular weight excluding hydrogens is 124 g/mol. The number of hydrogen-bond acceptors (Lipinski definition) is 1. The van der Waals surface area contributed by atoms with Crippen LogP contribution in [0.5, 0.6) is 0 Å². The summed E-state index contributed by atoms with van der Waals surface area (Å²) in [6.45, 7) is 4.52. The van der Waals surface area contributed by atoms with Crippen molar-refractivity contribution in [2.45, 2.75) is 13.8 Å². The van der Waals surface area contributed by atoms with E-state index in [1.54, 1.807) is 0 Å². The summed E-state index contributed by atoms with van der Waals surface area (Å²) >= 11 is 0. The molecule has 0 amide bonds. The first-order chi connectivity index (χ1) is 4.75. The van der Waals surface area contributed by atoms with Gasteiger partial charge in [-0.05, 0) is 12.8 Å². The molecule has 0 aliphatic heterocycles. The highest BCUT2D eigenvalue weighted by Crippen LogP contribution is 2.24. The van der Waals surface area contributed by atoms with Crippen LogP contribution in [-0.2, 0) is 0 Å². The molecular formula is C9H14O. The molecule has 0 heterocycles. The van der Waals surface area contributed by atoms with Crippen molar-refractivity contribution in [3.05, 3.63) is 23.8 Å². The minimum absolute atomic E-state index is 0.267. The molecule has 56 valence electrons. The fourth-order valence-electron chi connectivity index (χ4n) is 1.23. The maximum atomic E-state index is 8.90. The lowest BCUT2D eigenvalue weighted by atomic mass is 9.85. The lowest BCUT2D eigenvalue weighted by Gasteiger charge is -2.22. The van der Waals surface area contributed by atoms with Crippen molar-refractivity contribution in [1.82, 2.24) is 0 Å². The predicted octanol–water partition coefficient (Wildman–Crippen LogP) is 1.75. The van der Waals surface area contributed by atoms with Crippen molar-refractivity contribution in [3.63, 3.8) is 0 Å². The van der Waals surface area contributed by atoms with Gasteiger partial charge in [-0.3, -0.25) is 0 Å². The number of aliphatic hydroxyl groups is 1. The minimum atomic E-state index is 0.267. The standard InChI is InChI=1S/C9H14O/c1-7-4-3-5-9(6-10)8(7)2/h3-5,8-10H,6H2,1-2H3. The first-order valence-electron chi connectivity index (χ1n) is 3.71. The summed E-state index contributed by atoms with van der Waals surface area (Å²) < 4.78 is 0. The topological polar surface area (TPSA) is 20.2 Å². The molecule has 0 bridgehead atoms. The van der Waals surface area contributed by atoms with Gasteiger partial charge in [0.05, 0.1) is 0 Å². The van der Waals surface area contributed by atoms with E-state index >= 15 is 0 Å². The zero-order chi connectivity index (χ0) is 7.56. The third kappa shape index (κ3) is 1.29. The molecule has 0 aromatic rings. The molecule has 1 rings (SSSR count). The summed E-state index contributed by atoms with van der Waals surface area (Å²) in [6.07, 6.45) is 6.20. The third-order valence-electron chi connectivity index (χ3n) is 2.29. The van der Waals surface area contributed by atoms with Crippen LogP contribution in [0, 0.1) is 11.8 Å². The Hall–Kier alpha value is -0.560. The van der Waals surface area contributed by atoms with E-state index in [4.69, 9.17) is 5.11 Å². The Morgan fingerprint density at radius 2 is 2.30 bits per heavy atom. The smallest absolute Gasteiger partial charge is 0.0499 e. The third-order valence-corrected chi connectivity index (χ3v) is 2.29. The molecule has 0 radical (unpaired) electrons. The Morgan fingerprint density at radius 1 is 1.60 bits per heavy atom. The molecule has 1 nitrogen and oxygen atoms in total. The largest absolute Gasteiger partial charge is 0.396 e. The van der Waals surface area contributed by atoms with Gasteiger partial charge in [0.2, 0.25) is 0 Å². The van der Waals surface area contributed by atoms with Crippen LogP contribution >= 0.6 is 0 Å². The lowest BCUT2D eigenvalue weighted by molar-refractivity contribution is 0.225. The molecule has 1 N–H and O–H groups in total. The van der Waals surface area contributed by atoms with Crippen molar-refractivity contribution in [2.75, 3.05) is 6.61 Å². The maximum Gasteiger partial charge on any atom is 0.0499 e. The van der Waals surface area contributed by atoms with E-state index in [0.29, 0.717) is 11.8 Å². The summed E-state index contributed by atoms with van der Waals surface area (Å²) in [5.74, 6) is 0.847. The van der Waals surface area contributed by atoms with Crippen molar-refractivity contribution < 1.29 is 5.11 Å². The average molecular weight is 138 g/mol. The molecule has 10 heavy (non-hydrogen) atoms. The first-order valence-corrected chi connectivity index (χ1v) is 3.71. The number of aliphatic hydroxyl groups excluding tert-OH is 1. The van der Waals surface area contributed by atoms with Crippen molar-refractivity contribution in [3.8, 4) is 0 Å². The highest BCUT2D eigenvalue weighted by Gasteiger charge is 2.16. The second kappa shape index (κ2) is 3.02. The van der Waals surface area contributed by atoms with Crippen molar-refractivity contribution in [1.29, 1.82) is 0 Å².